The maximum absolute atomic E-state index is 14.1. The first-order valence-electron chi connectivity index (χ1n) is 25.2. The number of rotatable bonds is 19. The average Bonchev–Trinajstić information content (AvgIpc) is 4.18. The van der Waals surface area contributed by atoms with E-state index in [2.05, 4.69) is 61.7 Å². The van der Waals surface area contributed by atoms with Crippen molar-refractivity contribution in [2.75, 3.05) is 62.4 Å². The third-order valence-electron chi connectivity index (χ3n) is 13.3. The molecular weight excluding hydrogens is 991 g/mol. The van der Waals surface area contributed by atoms with Crippen LogP contribution in [0.25, 0.3) is 21.8 Å². The van der Waals surface area contributed by atoms with Gasteiger partial charge >= 0.3 is 0 Å². The Labute approximate surface area is 445 Å². The smallest absolute Gasteiger partial charge is 0.273 e. The summed E-state index contributed by atoms with van der Waals surface area (Å²) in [6.07, 6.45) is 3.89. The van der Waals surface area contributed by atoms with Gasteiger partial charge in [-0.2, -0.15) is 5.10 Å². The Bertz CT molecular complexity index is 3020. The zero-order valence-electron chi connectivity index (χ0n) is 43.8. The van der Waals surface area contributed by atoms with Crippen LogP contribution >= 0.6 is 11.3 Å². The van der Waals surface area contributed by atoms with Crippen molar-refractivity contribution in [1.29, 1.82) is 0 Å². The Kier molecular flexibility index (Phi) is 17.2. The van der Waals surface area contributed by atoms with E-state index in [-0.39, 0.29) is 55.8 Å². The normalized spacial score (nSPS) is 16.0. The quantitative estimate of drug-likeness (QED) is 0.0585. The van der Waals surface area contributed by atoms with Gasteiger partial charge in [-0.1, -0.05) is 51.1 Å². The summed E-state index contributed by atoms with van der Waals surface area (Å²) < 4.78 is 7.36. The summed E-state index contributed by atoms with van der Waals surface area (Å²) in [4.78, 5) is 86.9. The molecule has 2 aromatic carbocycles. The zero-order valence-corrected chi connectivity index (χ0v) is 44.6. The summed E-state index contributed by atoms with van der Waals surface area (Å²) in [6.45, 7) is 9.99. The van der Waals surface area contributed by atoms with Gasteiger partial charge in [-0.25, -0.2) is 15.0 Å². The maximum atomic E-state index is 14.1. The first kappa shape index (κ1) is 54.2. The number of likely N-dealkylation sites (tertiary alicyclic amines) is 1. The monoisotopic (exact) mass is 1060 g/mol. The predicted octanol–water partition coefficient (Wildman–Crippen LogP) is 4.97. The first-order valence-corrected chi connectivity index (χ1v) is 26.1. The Morgan fingerprint density at radius 2 is 1.66 bits per heavy atom. The molecule has 6 N–H and O–H groups in total. The van der Waals surface area contributed by atoms with Crippen molar-refractivity contribution in [1.82, 2.24) is 60.7 Å². The van der Waals surface area contributed by atoms with E-state index in [0.29, 0.717) is 79.2 Å². The molecule has 8 rings (SSSR count). The topological polar surface area (TPSA) is 267 Å². The molecule has 0 spiro atoms. The Morgan fingerprint density at radius 3 is 2.32 bits per heavy atom. The standard InChI is InChI=1S/C53H65N15O7S/c1-32-47(76-31-58-32)34-17-15-33(16-18-34)27-56-50(72)40-25-36(69)29-68(40)52(74)48(53(2,3)4)61-43(70)13-8-9-14-44(71)67-23-21-66(22-24-67)35-19-20-41(55-28-35)60-42-26-39(45(63-62-42)51(73)54-5)59-38-12-10-11-37(46(38)75-7)49-57-30-65(6)64-49/h10-12,15-20,26,28,30-31,36,40,48,69H,8-9,13-14,21-25,27,29H2,1-7H3,(H,54,73)(H,56,72)(H,61,70)(H2,55,59,60,62)/t36-,40+,48-/m1/s1. The van der Waals surface area contributed by atoms with Crippen LogP contribution in [-0.2, 0) is 32.8 Å². The number of thiazole rings is 1. The SMILES string of the molecule is CNC(=O)c1nnc(Nc2ccc(N3CCN(C(=O)CCCCC(=O)N[C@H](C(=O)N4C[C@H](O)C[C@H]4C(=O)NCc4ccc(-c5scnc5C)cc4)C(C)(C)C)CC3)cn2)cc1Nc1cccc(-c2ncn(C)n2)c1OC. The first-order chi connectivity index (χ1) is 36.5. The lowest BCUT2D eigenvalue weighted by atomic mass is 9.85. The van der Waals surface area contributed by atoms with Crippen molar-refractivity contribution in [3.63, 3.8) is 0 Å². The van der Waals surface area contributed by atoms with Crippen molar-refractivity contribution in [2.24, 2.45) is 12.5 Å². The number of para-hydroxylation sites is 1. The molecule has 400 valence electrons. The Balaban J connectivity index is 0.780. The lowest BCUT2D eigenvalue weighted by Gasteiger charge is -2.36. The second-order valence-electron chi connectivity index (χ2n) is 19.9. The molecule has 0 aliphatic carbocycles. The number of aliphatic hydroxyl groups excluding tert-OH is 1. The molecule has 23 heteroatoms. The molecule has 2 fully saturated rings. The van der Waals surface area contributed by atoms with Crippen LogP contribution in [-0.4, -0.2) is 144 Å². The van der Waals surface area contributed by atoms with Crippen LogP contribution < -0.4 is 36.2 Å². The van der Waals surface area contributed by atoms with Crippen molar-refractivity contribution in [3.05, 3.63) is 95.6 Å². The van der Waals surface area contributed by atoms with Crippen LogP contribution in [0.15, 0.2) is 78.7 Å². The highest BCUT2D eigenvalue weighted by molar-refractivity contribution is 7.13. The van der Waals surface area contributed by atoms with Gasteiger partial charge in [0.25, 0.3) is 5.91 Å². The van der Waals surface area contributed by atoms with Crippen LogP contribution in [0.4, 0.5) is 28.7 Å². The minimum atomic E-state index is -0.944. The van der Waals surface area contributed by atoms with Gasteiger partial charge in [0.05, 0.1) is 58.1 Å². The molecule has 2 aliphatic heterocycles. The molecular formula is C53H65N15O7S. The zero-order chi connectivity index (χ0) is 54.1. The summed E-state index contributed by atoms with van der Waals surface area (Å²) in [5.74, 6) is 0.227. The minimum Gasteiger partial charge on any atom is -0.494 e. The number of methoxy groups -OCH3 is 1. The minimum absolute atomic E-state index is 0.00850. The molecule has 76 heavy (non-hydrogen) atoms. The fourth-order valence-corrected chi connectivity index (χ4v) is 10.0. The number of unbranched alkanes of at least 4 members (excludes halogenated alkanes) is 1. The molecule has 0 saturated carbocycles. The number of hydrogen-bond acceptors (Lipinski definition) is 17. The van der Waals surface area contributed by atoms with Crippen LogP contribution in [0.3, 0.4) is 0 Å². The largest absolute Gasteiger partial charge is 0.494 e. The molecule has 6 aromatic rings. The second-order valence-corrected chi connectivity index (χ2v) is 20.7. The number of carbonyl (C=O) groups is 5. The molecule has 22 nitrogen and oxygen atoms in total. The summed E-state index contributed by atoms with van der Waals surface area (Å²) in [6, 6.07) is 16.9. The van der Waals surface area contributed by atoms with E-state index in [4.69, 9.17) is 4.74 Å². The van der Waals surface area contributed by atoms with Gasteiger partial charge in [0.1, 0.15) is 24.2 Å². The number of anilines is 5. The molecule has 5 amide bonds. The van der Waals surface area contributed by atoms with Crippen LogP contribution in [0.1, 0.15) is 74.6 Å². The van der Waals surface area contributed by atoms with E-state index in [1.54, 1.807) is 54.8 Å². The Hall–Kier alpha value is -8.05. The molecule has 2 saturated heterocycles. The van der Waals surface area contributed by atoms with Gasteiger partial charge in [0.2, 0.25) is 23.6 Å². The number of nitrogens with one attached hydrogen (secondary N) is 5. The number of pyridine rings is 1. The van der Waals surface area contributed by atoms with Gasteiger partial charge in [-0.05, 0) is 60.6 Å². The number of piperazine rings is 1. The third-order valence-corrected chi connectivity index (χ3v) is 14.3. The summed E-state index contributed by atoms with van der Waals surface area (Å²) in [7, 11) is 4.83. The summed E-state index contributed by atoms with van der Waals surface area (Å²) >= 11 is 1.57. The number of aromatic nitrogens is 7. The number of β-amino-alcohol motifs (C(OH)–C–C–N with tert-alkyl or cyclic N) is 1. The van der Waals surface area contributed by atoms with E-state index in [9.17, 15) is 29.1 Å². The third kappa shape index (κ3) is 13.1. The van der Waals surface area contributed by atoms with Crippen molar-refractivity contribution < 1.29 is 33.8 Å². The molecule has 2 aliphatic rings. The number of hydrogen-bond donors (Lipinski definition) is 6. The number of carbonyl (C=O) groups excluding carboxylic acids is 5. The van der Waals surface area contributed by atoms with Gasteiger partial charge < -0.3 is 51.1 Å². The van der Waals surface area contributed by atoms with Crippen molar-refractivity contribution >= 4 is 69.6 Å². The lowest BCUT2D eigenvalue weighted by Crippen LogP contribution is -2.57. The van der Waals surface area contributed by atoms with E-state index in [0.717, 1.165) is 27.4 Å². The fourth-order valence-electron chi connectivity index (χ4n) is 9.20. The highest BCUT2D eigenvalue weighted by Gasteiger charge is 2.44. The van der Waals surface area contributed by atoms with Gasteiger partial charge in [-0.15, -0.1) is 21.5 Å². The highest BCUT2D eigenvalue weighted by atomic mass is 32.1. The molecule has 0 bridgehead atoms. The van der Waals surface area contributed by atoms with Crippen LogP contribution in [0.2, 0.25) is 0 Å². The van der Waals surface area contributed by atoms with Crippen molar-refractivity contribution in [3.8, 4) is 27.6 Å². The fraction of sp³-hybridized carbons (Fsp3) is 0.415. The molecule has 0 radical (unpaired) electrons. The average molecular weight is 1060 g/mol. The lowest BCUT2D eigenvalue weighted by molar-refractivity contribution is -0.144. The molecule has 6 heterocycles. The van der Waals surface area contributed by atoms with Gasteiger partial charge in [0, 0.05) is 78.7 Å². The Morgan fingerprint density at radius 1 is 0.895 bits per heavy atom. The van der Waals surface area contributed by atoms with Crippen molar-refractivity contribution in [2.45, 2.75) is 84.5 Å². The van der Waals surface area contributed by atoms with E-state index < -0.39 is 35.4 Å². The van der Waals surface area contributed by atoms with Gasteiger partial charge in [-0.3, -0.25) is 28.7 Å². The number of aliphatic hydroxyl groups is 1. The number of amides is 5. The summed E-state index contributed by atoms with van der Waals surface area (Å²) in [5, 5.41) is 38.4. The van der Waals surface area contributed by atoms with E-state index in [1.165, 1.54) is 11.9 Å². The number of aryl methyl sites for hydroxylation is 2. The molecule has 3 atom stereocenters. The van der Waals surface area contributed by atoms with E-state index >= 15 is 0 Å². The van der Waals surface area contributed by atoms with Crippen LogP contribution in [0, 0.1) is 12.3 Å². The highest BCUT2D eigenvalue weighted by Crippen LogP contribution is 2.37. The second kappa shape index (κ2) is 24.1. The molecule has 4 aromatic heterocycles. The van der Waals surface area contributed by atoms with E-state index in [1.807, 2.05) is 86.6 Å². The number of benzene rings is 2. The molecule has 0 unspecified atom stereocenters. The summed E-state index contributed by atoms with van der Waals surface area (Å²) in [5.41, 5.74) is 6.53. The maximum Gasteiger partial charge on any atom is 0.273 e. The predicted molar refractivity (Wildman–Crippen MR) is 288 cm³/mol. The van der Waals surface area contributed by atoms with Crippen LogP contribution in [0.5, 0.6) is 5.75 Å². The van der Waals surface area contributed by atoms with Gasteiger partial charge in [0.15, 0.2) is 23.1 Å². The number of nitrogens with zero attached hydrogens (tertiary/aromatic N) is 10. The number of ether oxygens (including phenoxy) is 1.